The van der Waals surface area contributed by atoms with E-state index >= 15 is 0 Å². The molecule has 1 aromatic carbocycles. The zero-order valence-corrected chi connectivity index (χ0v) is 11.6. The van der Waals surface area contributed by atoms with E-state index in [4.69, 9.17) is 20.5 Å². The van der Waals surface area contributed by atoms with Crippen LogP contribution in [0.4, 0.5) is 5.69 Å². The molecule has 0 radical (unpaired) electrons. The van der Waals surface area contributed by atoms with Crippen LogP contribution in [0.5, 0.6) is 17.5 Å². The SMILES string of the molecule is COc1nc(Oc2c(C)cc(C#N)cc2C)ccc1N. The number of hydrogen-bond acceptors (Lipinski definition) is 5. The van der Waals surface area contributed by atoms with Crippen LogP contribution in [0.1, 0.15) is 16.7 Å². The fourth-order valence-corrected chi connectivity index (χ4v) is 1.93. The molecule has 102 valence electrons. The number of ether oxygens (including phenoxy) is 2. The van der Waals surface area contributed by atoms with Crippen molar-refractivity contribution in [3.63, 3.8) is 0 Å². The van der Waals surface area contributed by atoms with Crippen molar-refractivity contribution >= 4 is 5.69 Å². The van der Waals surface area contributed by atoms with Crippen molar-refractivity contribution in [1.29, 1.82) is 5.26 Å². The van der Waals surface area contributed by atoms with Gasteiger partial charge in [0.15, 0.2) is 0 Å². The van der Waals surface area contributed by atoms with Crippen LogP contribution in [0.25, 0.3) is 0 Å². The fourth-order valence-electron chi connectivity index (χ4n) is 1.93. The zero-order chi connectivity index (χ0) is 14.7. The maximum Gasteiger partial charge on any atom is 0.240 e. The summed E-state index contributed by atoms with van der Waals surface area (Å²) in [5.74, 6) is 1.40. The van der Waals surface area contributed by atoms with Crippen LogP contribution in [0.3, 0.4) is 0 Å². The lowest BCUT2D eigenvalue weighted by molar-refractivity contribution is 0.384. The molecule has 0 spiro atoms. The topological polar surface area (TPSA) is 81.2 Å². The second kappa shape index (κ2) is 5.49. The highest BCUT2D eigenvalue weighted by Crippen LogP contribution is 2.31. The first-order valence-electron chi connectivity index (χ1n) is 6.05. The Kier molecular flexibility index (Phi) is 3.76. The molecule has 0 aliphatic rings. The molecule has 0 amide bonds. The molecule has 5 nitrogen and oxygen atoms in total. The molecular weight excluding hydrogens is 254 g/mol. The number of rotatable bonds is 3. The van der Waals surface area contributed by atoms with E-state index in [0.717, 1.165) is 11.1 Å². The molecule has 0 aliphatic heterocycles. The Morgan fingerprint density at radius 1 is 1.20 bits per heavy atom. The molecule has 2 rings (SSSR count). The number of benzene rings is 1. The van der Waals surface area contributed by atoms with Gasteiger partial charge in [-0.25, -0.2) is 0 Å². The summed E-state index contributed by atoms with van der Waals surface area (Å²) in [6.07, 6.45) is 0. The highest BCUT2D eigenvalue weighted by atomic mass is 16.5. The molecule has 0 atom stereocenters. The molecular formula is C15H15N3O2. The molecule has 0 saturated carbocycles. The van der Waals surface area contributed by atoms with Gasteiger partial charge in [-0.15, -0.1) is 0 Å². The van der Waals surface area contributed by atoms with Crippen molar-refractivity contribution in [3.8, 4) is 23.6 Å². The van der Waals surface area contributed by atoms with Gasteiger partial charge in [0.25, 0.3) is 0 Å². The Labute approximate surface area is 117 Å². The summed E-state index contributed by atoms with van der Waals surface area (Å²) >= 11 is 0. The fraction of sp³-hybridized carbons (Fsp3) is 0.200. The van der Waals surface area contributed by atoms with Crippen LogP contribution in [0.15, 0.2) is 24.3 Å². The van der Waals surface area contributed by atoms with E-state index in [1.54, 1.807) is 24.3 Å². The van der Waals surface area contributed by atoms with E-state index in [0.29, 0.717) is 28.8 Å². The predicted octanol–water partition coefficient (Wildman–Crippen LogP) is 2.95. The van der Waals surface area contributed by atoms with E-state index in [1.165, 1.54) is 7.11 Å². The van der Waals surface area contributed by atoms with Gasteiger partial charge in [-0.3, -0.25) is 0 Å². The maximum atomic E-state index is 8.93. The first-order chi connectivity index (χ1) is 9.55. The van der Waals surface area contributed by atoms with Crippen LogP contribution in [0, 0.1) is 25.2 Å². The molecule has 0 saturated heterocycles. The van der Waals surface area contributed by atoms with Crippen molar-refractivity contribution in [3.05, 3.63) is 41.0 Å². The molecule has 2 aromatic rings. The number of hydrogen-bond donors (Lipinski definition) is 1. The number of nitriles is 1. The van der Waals surface area contributed by atoms with Crippen molar-refractivity contribution in [2.24, 2.45) is 0 Å². The summed E-state index contributed by atoms with van der Waals surface area (Å²) in [4.78, 5) is 4.18. The highest BCUT2D eigenvalue weighted by Gasteiger charge is 2.10. The van der Waals surface area contributed by atoms with E-state index in [1.807, 2.05) is 13.8 Å². The van der Waals surface area contributed by atoms with Gasteiger partial charge >= 0.3 is 0 Å². The molecule has 1 aromatic heterocycles. The molecule has 0 aliphatic carbocycles. The molecule has 20 heavy (non-hydrogen) atoms. The number of aryl methyl sites for hydroxylation is 2. The minimum absolute atomic E-state index is 0.325. The van der Waals surface area contributed by atoms with E-state index in [2.05, 4.69) is 11.1 Å². The van der Waals surface area contributed by atoms with Gasteiger partial charge < -0.3 is 15.2 Å². The maximum absolute atomic E-state index is 8.93. The van der Waals surface area contributed by atoms with Crippen LogP contribution in [-0.4, -0.2) is 12.1 Å². The standard InChI is InChI=1S/C15H15N3O2/c1-9-6-11(8-16)7-10(2)14(9)20-13-5-4-12(17)15(18-13)19-3/h4-7H,17H2,1-3H3. The second-order valence-electron chi connectivity index (χ2n) is 4.40. The third kappa shape index (κ3) is 2.64. The monoisotopic (exact) mass is 269 g/mol. The number of anilines is 1. The second-order valence-corrected chi connectivity index (χ2v) is 4.40. The van der Waals surface area contributed by atoms with Crippen LogP contribution in [0.2, 0.25) is 0 Å². The Bertz CT molecular complexity index is 667. The van der Waals surface area contributed by atoms with Crippen LogP contribution in [-0.2, 0) is 0 Å². The van der Waals surface area contributed by atoms with Crippen molar-refractivity contribution < 1.29 is 9.47 Å². The van der Waals surface area contributed by atoms with Crippen LogP contribution < -0.4 is 15.2 Å². The first kappa shape index (κ1) is 13.7. The molecule has 5 heteroatoms. The smallest absolute Gasteiger partial charge is 0.240 e. The minimum atomic E-state index is 0.325. The van der Waals surface area contributed by atoms with Gasteiger partial charge in [0.1, 0.15) is 5.75 Å². The van der Waals surface area contributed by atoms with Crippen molar-refractivity contribution in [2.45, 2.75) is 13.8 Å². The molecule has 1 heterocycles. The van der Waals surface area contributed by atoms with Gasteiger partial charge in [0.05, 0.1) is 24.4 Å². The number of nitrogens with two attached hydrogens (primary N) is 1. The Balaban J connectivity index is 2.38. The van der Waals surface area contributed by atoms with Gasteiger partial charge in [0, 0.05) is 6.07 Å². The lowest BCUT2D eigenvalue weighted by atomic mass is 10.1. The number of aromatic nitrogens is 1. The van der Waals surface area contributed by atoms with Crippen LogP contribution >= 0.6 is 0 Å². The number of methoxy groups -OCH3 is 1. The van der Waals surface area contributed by atoms with Gasteiger partial charge in [-0.1, -0.05) is 0 Å². The summed E-state index contributed by atoms with van der Waals surface area (Å²) in [5.41, 5.74) is 8.52. The lowest BCUT2D eigenvalue weighted by Crippen LogP contribution is -1.98. The van der Waals surface area contributed by atoms with E-state index < -0.39 is 0 Å². The van der Waals surface area contributed by atoms with E-state index in [9.17, 15) is 0 Å². The Morgan fingerprint density at radius 3 is 2.40 bits per heavy atom. The Morgan fingerprint density at radius 2 is 1.85 bits per heavy atom. The Hall–Kier alpha value is -2.74. The number of nitrogens with zero attached hydrogens (tertiary/aromatic N) is 2. The van der Waals surface area contributed by atoms with Gasteiger partial charge in [-0.2, -0.15) is 10.2 Å². The summed E-state index contributed by atoms with van der Waals surface area (Å²) in [6, 6.07) is 9.02. The number of pyridine rings is 1. The third-order valence-electron chi connectivity index (χ3n) is 2.85. The zero-order valence-electron chi connectivity index (χ0n) is 11.6. The van der Waals surface area contributed by atoms with Crippen molar-refractivity contribution in [1.82, 2.24) is 4.98 Å². The quantitative estimate of drug-likeness (QED) is 0.926. The largest absolute Gasteiger partial charge is 0.479 e. The molecule has 0 fully saturated rings. The molecule has 2 N–H and O–H groups in total. The predicted molar refractivity (Wildman–Crippen MR) is 75.9 cm³/mol. The van der Waals surface area contributed by atoms with E-state index in [-0.39, 0.29) is 0 Å². The summed E-state index contributed by atoms with van der Waals surface area (Å²) in [7, 11) is 1.50. The van der Waals surface area contributed by atoms with Gasteiger partial charge in [-0.05, 0) is 43.2 Å². The molecule has 0 unspecified atom stereocenters. The normalized spacial score (nSPS) is 9.90. The summed E-state index contributed by atoms with van der Waals surface area (Å²) in [5, 5.41) is 8.93. The van der Waals surface area contributed by atoms with Crippen molar-refractivity contribution in [2.75, 3.05) is 12.8 Å². The third-order valence-corrected chi connectivity index (χ3v) is 2.85. The summed E-state index contributed by atoms with van der Waals surface area (Å²) < 4.78 is 10.8. The first-order valence-corrected chi connectivity index (χ1v) is 6.05. The average molecular weight is 269 g/mol. The van der Waals surface area contributed by atoms with Gasteiger partial charge in [0.2, 0.25) is 11.8 Å². The lowest BCUT2D eigenvalue weighted by Gasteiger charge is -2.12. The summed E-state index contributed by atoms with van der Waals surface area (Å²) in [6.45, 7) is 3.77. The number of nitrogen functional groups attached to an aromatic ring is 1. The molecule has 0 bridgehead atoms. The highest BCUT2D eigenvalue weighted by molar-refractivity contribution is 5.51. The minimum Gasteiger partial charge on any atom is -0.479 e. The average Bonchev–Trinajstić information content (AvgIpc) is 2.44.